The number of pyridine rings is 1. The highest BCUT2D eigenvalue weighted by Crippen LogP contribution is 2.16. The number of hydrogen-bond acceptors (Lipinski definition) is 4. The highest BCUT2D eigenvalue weighted by atomic mass is 16.3. The first kappa shape index (κ1) is 15.4. The number of rotatable bonds is 6. The van der Waals surface area contributed by atoms with Gasteiger partial charge in [-0.15, -0.1) is 0 Å². The minimum Gasteiger partial charge on any atom is -0.396 e. The van der Waals surface area contributed by atoms with Gasteiger partial charge in [0.15, 0.2) is 0 Å². The summed E-state index contributed by atoms with van der Waals surface area (Å²) in [5, 5.41) is 9.29. The van der Waals surface area contributed by atoms with Crippen molar-refractivity contribution in [1.29, 1.82) is 0 Å². The third-order valence-electron chi connectivity index (χ3n) is 3.88. The predicted octanol–water partition coefficient (Wildman–Crippen LogP) is 1.61. The van der Waals surface area contributed by atoms with Gasteiger partial charge in [-0.2, -0.15) is 0 Å². The minimum atomic E-state index is 0.278. The first-order chi connectivity index (χ1) is 9.69. The molecule has 0 spiro atoms. The van der Waals surface area contributed by atoms with Gasteiger partial charge in [-0.05, 0) is 24.0 Å². The molecule has 1 N–H and O–H groups in total. The summed E-state index contributed by atoms with van der Waals surface area (Å²) in [5.74, 6) is 0.682. The zero-order valence-corrected chi connectivity index (χ0v) is 12.7. The molecule has 1 unspecified atom stereocenters. The van der Waals surface area contributed by atoms with Crippen molar-refractivity contribution < 1.29 is 5.11 Å². The van der Waals surface area contributed by atoms with Gasteiger partial charge in [0, 0.05) is 57.8 Å². The van der Waals surface area contributed by atoms with E-state index in [2.05, 4.69) is 34.7 Å². The van der Waals surface area contributed by atoms with Gasteiger partial charge in [-0.1, -0.05) is 19.9 Å². The zero-order chi connectivity index (χ0) is 14.4. The van der Waals surface area contributed by atoms with Crippen LogP contribution in [0.15, 0.2) is 24.5 Å². The van der Waals surface area contributed by atoms with Crippen LogP contribution in [0, 0.1) is 5.92 Å². The normalized spacial score (nSPS) is 21.5. The third-order valence-corrected chi connectivity index (χ3v) is 3.88. The molecule has 1 aliphatic heterocycles. The van der Waals surface area contributed by atoms with Gasteiger partial charge in [0.2, 0.25) is 0 Å². The van der Waals surface area contributed by atoms with Crippen molar-refractivity contribution in [3.63, 3.8) is 0 Å². The number of piperazine rings is 1. The lowest BCUT2D eigenvalue weighted by Crippen LogP contribution is -2.53. The Bertz CT molecular complexity index is 383. The largest absolute Gasteiger partial charge is 0.396 e. The monoisotopic (exact) mass is 277 g/mol. The van der Waals surface area contributed by atoms with Crippen molar-refractivity contribution in [2.75, 3.05) is 32.8 Å². The van der Waals surface area contributed by atoms with Crippen LogP contribution in [-0.4, -0.2) is 58.7 Å². The maximum Gasteiger partial charge on any atom is 0.0446 e. The van der Waals surface area contributed by atoms with E-state index in [-0.39, 0.29) is 6.61 Å². The second-order valence-corrected chi connectivity index (χ2v) is 6.15. The van der Waals surface area contributed by atoms with Crippen LogP contribution in [-0.2, 0) is 6.54 Å². The molecule has 1 fully saturated rings. The van der Waals surface area contributed by atoms with E-state index in [9.17, 15) is 5.11 Å². The van der Waals surface area contributed by atoms with E-state index in [0.29, 0.717) is 12.0 Å². The Morgan fingerprint density at radius 1 is 1.40 bits per heavy atom. The lowest BCUT2D eigenvalue weighted by atomic mass is 10.1. The van der Waals surface area contributed by atoms with Crippen LogP contribution in [0.1, 0.15) is 25.8 Å². The fourth-order valence-corrected chi connectivity index (χ4v) is 2.98. The van der Waals surface area contributed by atoms with Crippen LogP contribution in [0.4, 0.5) is 0 Å². The van der Waals surface area contributed by atoms with Crippen LogP contribution in [0.3, 0.4) is 0 Å². The second kappa shape index (κ2) is 7.72. The molecule has 1 saturated heterocycles. The first-order valence-electron chi connectivity index (χ1n) is 7.65. The lowest BCUT2D eigenvalue weighted by Gasteiger charge is -2.42. The SMILES string of the molecule is CC(C)CN1CCN(Cc2cccnc2)CC1CCO. The minimum absolute atomic E-state index is 0.278. The molecule has 0 radical (unpaired) electrons. The predicted molar refractivity (Wildman–Crippen MR) is 81.4 cm³/mol. The Morgan fingerprint density at radius 2 is 2.25 bits per heavy atom. The van der Waals surface area contributed by atoms with E-state index in [1.54, 1.807) is 0 Å². The van der Waals surface area contributed by atoms with Gasteiger partial charge in [0.1, 0.15) is 0 Å². The van der Waals surface area contributed by atoms with E-state index < -0.39 is 0 Å². The van der Waals surface area contributed by atoms with E-state index >= 15 is 0 Å². The molecular weight excluding hydrogens is 250 g/mol. The van der Waals surface area contributed by atoms with Gasteiger partial charge in [-0.3, -0.25) is 14.8 Å². The molecular formula is C16H27N3O. The lowest BCUT2D eigenvalue weighted by molar-refractivity contribution is 0.0476. The zero-order valence-electron chi connectivity index (χ0n) is 12.7. The summed E-state index contributed by atoms with van der Waals surface area (Å²) in [6, 6.07) is 4.61. The molecule has 4 heteroatoms. The summed E-state index contributed by atoms with van der Waals surface area (Å²) in [6.07, 6.45) is 4.64. The number of hydrogen-bond donors (Lipinski definition) is 1. The molecule has 1 aromatic heterocycles. The fraction of sp³-hybridized carbons (Fsp3) is 0.688. The molecule has 112 valence electrons. The molecule has 0 aliphatic carbocycles. The van der Waals surface area contributed by atoms with E-state index in [1.165, 1.54) is 5.56 Å². The average molecular weight is 277 g/mol. The molecule has 1 atom stereocenters. The van der Waals surface area contributed by atoms with Crippen LogP contribution in [0.2, 0.25) is 0 Å². The molecule has 0 bridgehead atoms. The number of aliphatic hydroxyl groups excluding tert-OH is 1. The maximum absolute atomic E-state index is 9.29. The molecule has 20 heavy (non-hydrogen) atoms. The summed E-state index contributed by atoms with van der Waals surface area (Å²) in [5.41, 5.74) is 1.27. The van der Waals surface area contributed by atoms with Crippen LogP contribution < -0.4 is 0 Å². The number of aromatic nitrogens is 1. The topological polar surface area (TPSA) is 39.6 Å². The Labute approximate surface area is 122 Å². The smallest absolute Gasteiger partial charge is 0.0446 e. The van der Waals surface area contributed by atoms with Gasteiger partial charge in [0.25, 0.3) is 0 Å². The molecule has 1 aliphatic rings. The van der Waals surface area contributed by atoms with Gasteiger partial charge >= 0.3 is 0 Å². The molecule has 4 nitrogen and oxygen atoms in total. The Balaban J connectivity index is 1.92. The Kier molecular flexibility index (Phi) is 5.95. The van der Waals surface area contributed by atoms with Crippen molar-refractivity contribution >= 4 is 0 Å². The van der Waals surface area contributed by atoms with Crippen molar-refractivity contribution in [3.05, 3.63) is 30.1 Å². The van der Waals surface area contributed by atoms with Gasteiger partial charge < -0.3 is 5.11 Å². The molecule has 2 heterocycles. The quantitative estimate of drug-likeness (QED) is 0.857. The fourth-order valence-electron chi connectivity index (χ4n) is 2.98. The number of nitrogens with zero attached hydrogens (tertiary/aromatic N) is 3. The molecule has 1 aromatic rings. The maximum atomic E-state index is 9.29. The summed E-state index contributed by atoms with van der Waals surface area (Å²) in [6.45, 7) is 10.1. The highest BCUT2D eigenvalue weighted by molar-refractivity contribution is 5.08. The van der Waals surface area contributed by atoms with Gasteiger partial charge in [-0.25, -0.2) is 0 Å². The van der Waals surface area contributed by atoms with Crippen LogP contribution >= 0.6 is 0 Å². The first-order valence-corrected chi connectivity index (χ1v) is 7.65. The molecule has 2 rings (SSSR count). The standard InChI is InChI=1S/C16H27N3O/c1-14(2)11-19-8-7-18(13-16(19)5-9-20)12-15-4-3-6-17-10-15/h3-4,6,10,14,16,20H,5,7-9,11-13H2,1-2H3. The Morgan fingerprint density at radius 3 is 2.90 bits per heavy atom. The van der Waals surface area contributed by atoms with Gasteiger partial charge in [0.05, 0.1) is 0 Å². The van der Waals surface area contributed by atoms with E-state index in [1.807, 2.05) is 18.5 Å². The second-order valence-electron chi connectivity index (χ2n) is 6.15. The highest BCUT2D eigenvalue weighted by Gasteiger charge is 2.26. The van der Waals surface area contributed by atoms with Crippen molar-refractivity contribution in [3.8, 4) is 0 Å². The van der Waals surface area contributed by atoms with Crippen molar-refractivity contribution in [2.24, 2.45) is 5.92 Å². The summed E-state index contributed by atoms with van der Waals surface area (Å²) < 4.78 is 0. The molecule has 0 amide bonds. The van der Waals surface area contributed by atoms with E-state index in [4.69, 9.17) is 0 Å². The summed E-state index contributed by atoms with van der Waals surface area (Å²) in [4.78, 5) is 9.21. The van der Waals surface area contributed by atoms with Crippen LogP contribution in [0.5, 0.6) is 0 Å². The van der Waals surface area contributed by atoms with Crippen LogP contribution in [0.25, 0.3) is 0 Å². The van der Waals surface area contributed by atoms with E-state index in [0.717, 1.165) is 39.1 Å². The summed E-state index contributed by atoms with van der Waals surface area (Å²) in [7, 11) is 0. The Hall–Kier alpha value is -0.970. The average Bonchev–Trinajstić information content (AvgIpc) is 2.43. The summed E-state index contributed by atoms with van der Waals surface area (Å²) >= 11 is 0. The molecule has 0 saturated carbocycles. The van der Waals surface area contributed by atoms with Crippen molar-refractivity contribution in [1.82, 2.24) is 14.8 Å². The van der Waals surface area contributed by atoms with Crippen molar-refractivity contribution in [2.45, 2.75) is 32.9 Å². The third kappa shape index (κ3) is 4.54. The molecule has 0 aromatic carbocycles. The number of aliphatic hydroxyl groups is 1.